The van der Waals surface area contributed by atoms with E-state index < -0.39 is 65.4 Å². The largest absolute Gasteiger partial charge is 0.466 e. The number of hydrogen-bond donors (Lipinski definition) is 1. The molecule has 1 heterocycles. The summed E-state index contributed by atoms with van der Waals surface area (Å²) in [7, 11) is 1.15. The number of carbonyl (C=O) groups excluding carboxylic acids is 5. The summed E-state index contributed by atoms with van der Waals surface area (Å²) >= 11 is 0. The molecule has 0 amide bonds. The van der Waals surface area contributed by atoms with Gasteiger partial charge in [-0.3, -0.25) is 9.59 Å². The highest BCUT2D eigenvalue weighted by atomic mass is 16.6. The predicted molar refractivity (Wildman–Crippen MR) is 126 cm³/mol. The minimum Gasteiger partial charge on any atom is -0.466 e. The fourth-order valence-corrected chi connectivity index (χ4v) is 3.80. The van der Waals surface area contributed by atoms with Gasteiger partial charge in [0.1, 0.15) is 6.10 Å². The summed E-state index contributed by atoms with van der Waals surface area (Å²) in [6.45, 7) is 10.9. The van der Waals surface area contributed by atoms with Crippen molar-refractivity contribution in [3.8, 4) is 0 Å². The van der Waals surface area contributed by atoms with Crippen LogP contribution >= 0.6 is 0 Å². The summed E-state index contributed by atoms with van der Waals surface area (Å²) in [6, 6.07) is 0. The molecule has 2 rings (SSSR count). The number of ether oxygens (including phenoxy) is 4. The molecule has 0 aromatic heterocycles. The second kappa shape index (κ2) is 11.6. The van der Waals surface area contributed by atoms with Gasteiger partial charge in [0.05, 0.1) is 24.5 Å². The van der Waals surface area contributed by atoms with E-state index in [0.29, 0.717) is 19.3 Å². The van der Waals surface area contributed by atoms with Crippen molar-refractivity contribution >= 4 is 29.7 Å². The Kier molecular flexibility index (Phi) is 9.37. The molecule has 1 fully saturated rings. The van der Waals surface area contributed by atoms with E-state index >= 15 is 0 Å². The third-order valence-electron chi connectivity index (χ3n) is 6.58. The van der Waals surface area contributed by atoms with Gasteiger partial charge in [0, 0.05) is 5.57 Å². The number of hydrogen-bond acceptors (Lipinski definition) is 10. The first-order valence-corrected chi connectivity index (χ1v) is 11.8. The van der Waals surface area contributed by atoms with Crippen molar-refractivity contribution in [3.63, 3.8) is 0 Å². The second-order valence-corrected chi connectivity index (χ2v) is 9.29. The maximum absolute atomic E-state index is 13.0. The van der Waals surface area contributed by atoms with Crippen LogP contribution in [0.15, 0.2) is 35.5 Å². The summed E-state index contributed by atoms with van der Waals surface area (Å²) in [5, 5.41) is 10.5. The second-order valence-electron chi connectivity index (χ2n) is 9.29. The number of esters is 4. The van der Waals surface area contributed by atoms with Gasteiger partial charge < -0.3 is 24.1 Å². The van der Waals surface area contributed by atoms with Crippen LogP contribution in [0.25, 0.3) is 0 Å². The van der Waals surface area contributed by atoms with Crippen molar-refractivity contribution in [1.82, 2.24) is 0 Å². The van der Waals surface area contributed by atoms with Gasteiger partial charge in [0.2, 0.25) is 5.60 Å². The third-order valence-corrected chi connectivity index (χ3v) is 6.58. The van der Waals surface area contributed by atoms with E-state index in [1.165, 1.54) is 6.08 Å². The Morgan fingerprint density at radius 1 is 1.28 bits per heavy atom. The van der Waals surface area contributed by atoms with Gasteiger partial charge in [-0.15, -0.1) is 0 Å². The molecule has 2 aliphatic rings. The molecule has 1 aliphatic carbocycles. The number of methoxy groups -OCH3 is 1. The van der Waals surface area contributed by atoms with E-state index in [-0.39, 0.29) is 11.1 Å². The van der Waals surface area contributed by atoms with Crippen molar-refractivity contribution in [3.05, 3.63) is 35.5 Å². The first kappa shape index (κ1) is 29.0. The summed E-state index contributed by atoms with van der Waals surface area (Å²) in [4.78, 5) is 63.2. The molecular weight excluding hydrogens is 472 g/mol. The van der Waals surface area contributed by atoms with Crippen molar-refractivity contribution in [2.45, 2.75) is 77.8 Å². The van der Waals surface area contributed by atoms with Crippen LogP contribution < -0.4 is 0 Å². The van der Waals surface area contributed by atoms with Crippen LogP contribution in [-0.2, 0) is 42.9 Å². The van der Waals surface area contributed by atoms with Crippen LogP contribution in [0.4, 0.5) is 0 Å². The first-order chi connectivity index (χ1) is 16.8. The van der Waals surface area contributed by atoms with E-state index in [0.717, 1.165) is 26.5 Å². The molecule has 1 saturated heterocycles. The lowest BCUT2D eigenvalue weighted by atomic mass is 9.83. The monoisotopic (exact) mass is 506 g/mol. The SMILES string of the molecule is C=C1C(=O)O[C@@H]2/C=C(/C)CC/C=C(/C(=O)OC)[C@H](OC(=O)[C@H](C)CC)[C@@H](OC(=O)[C@@](C)(O)C(C)=O)[C@@H]12. The van der Waals surface area contributed by atoms with Gasteiger partial charge >= 0.3 is 23.9 Å². The van der Waals surface area contributed by atoms with Crippen LogP contribution in [0.2, 0.25) is 0 Å². The summed E-state index contributed by atoms with van der Waals surface area (Å²) < 4.78 is 21.7. The van der Waals surface area contributed by atoms with Crippen LogP contribution in [0.5, 0.6) is 0 Å². The number of ketones is 1. The Balaban J connectivity index is 2.76. The van der Waals surface area contributed by atoms with Gasteiger partial charge in [-0.05, 0) is 46.1 Å². The lowest BCUT2D eigenvalue weighted by Gasteiger charge is -2.35. The molecule has 0 aromatic rings. The molecule has 0 bridgehead atoms. The van der Waals surface area contributed by atoms with Crippen LogP contribution in [0.1, 0.15) is 53.9 Å². The molecule has 0 aromatic carbocycles. The van der Waals surface area contributed by atoms with Crippen LogP contribution in [-0.4, -0.2) is 65.8 Å². The molecule has 6 atom stereocenters. The van der Waals surface area contributed by atoms with Crippen LogP contribution in [0.3, 0.4) is 0 Å². The van der Waals surface area contributed by atoms with E-state index in [2.05, 4.69) is 6.58 Å². The highest BCUT2D eigenvalue weighted by Gasteiger charge is 2.52. The normalized spacial score (nSPS) is 29.6. The van der Waals surface area contributed by atoms with E-state index in [4.69, 9.17) is 18.9 Å². The first-order valence-electron chi connectivity index (χ1n) is 11.8. The number of Topliss-reactive ketones (excluding diaryl/α,β-unsaturated/α-hetero) is 1. The molecule has 1 aliphatic heterocycles. The Hall–Kier alpha value is -3.27. The van der Waals surface area contributed by atoms with Gasteiger partial charge in [-0.25, -0.2) is 14.4 Å². The van der Waals surface area contributed by atoms with Gasteiger partial charge in [0.25, 0.3) is 0 Å². The van der Waals surface area contributed by atoms with Crippen molar-refractivity contribution in [2.75, 3.05) is 7.11 Å². The molecular formula is C26H34O10. The van der Waals surface area contributed by atoms with Gasteiger partial charge in [0.15, 0.2) is 18.0 Å². The Morgan fingerprint density at radius 3 is 2.47 bits per heavy atom. The van der Waals surface area contributed by atoms with Crippen molar-refractivity contribution in [2.24, 2.45) is 11.8 Å². The van der Waals surface area contributed by atoms with E-state index in [9.17, 15) is 29.1 Å². The predicted octanol–water partition coefficient (Wildman–Crippen LogP) is 2.13. The van der Waals surface area contributed by atoms with E-state index in [1.54, 1.807) is 26.8 Å². The topological polar surface area (TPSA) is 143 Å². The lowest BCUT2D eigenvalue weighted by Crippen LogP contribution is -2.51. The average Bonchev–Trinajstić information content (AvgIpc) is 3.09. The van der Waals surface area contributed by atoms with Crippen LogP contribution in [0, 0.1) is 11.8 Å². The zero-order valence-electron chi connectivity index (χ0n) is 21.5. The molecule has 0 spiro atoms. The number of fused-ring (bicyclic) bond motifs is 1. The molecule has 0 radical (unpaired) electrons. The highest BCUT2D eigenvalue weighted by Crippen LogP contribution is 2.38. The number of carbonyl (C=O) groups is 5. The summed E-state index contributed by atoms with van der Waals surface area (Å²) in [5.74, 6) is -6.20. The Bertz CT molecular complexity index is 1000. The van der Waals surface area contributed by atoms with Gasteiger partial charge in [-0.1, -0.05) is 32.1 Å². The molecule has 0 unspecified atom stereocenters. The quantitative estimate of drug-likeness (QED) is 0.179. The fourth-order valence-electron chi connectivity index (χ4n) is 3.80. The smallest absolute Gasteiger partial charge is 0.346 e. The fraction of sp³-hybridized carbons (Fsp3) is 0.577. The molecule has 10 nitrogen and oxygen atoms in total. The van der Waals surface area contributed by atoms with E-state index in [1.807, 2.05) is 0 Å². The average molecular weight is 507 g/mol. The summed E-state index contributed by atoms with van der Waals surface area (Å²) in [5.41, 5.74) is -1.92. The Morgan fingerprint density at radius 2 is 1.92 bits per heavy atom. The maximum Gasteiger partial charge on any atom is 0.346 e. The maximum atomic E-state index is 13.0. The molecule has 10 heteroatoms. The molecule has 36 heavy (non-hydrogen) atoms. The lowest BCUT2D eigenvalue weighted by molar-refractivity contribution is -0.186. The van der Waals surface area contributed by atoms with Crippen molar-refractivity contribution < 1.29 is 48.0 Å². The standard InChI is InChI=1S/C26H34O10/c1-8-14(3)22(28)35-20-17(24(30)33-7)11-9-10-13(2)12-18-19(15(4)23(29)34-18)21(20)36-25(31)26(6,32)16(5)27/h11-12,14,18-21,32H,4,8-10H2,1-3,5-7H3/b13-12-,17-11+/t14-,18-,19+,20+,21+,26+/m1/s1. The molecule has 198 valence electrons. The van der Waals surface area contributed by atoms with Crippen molar-refractivity contribution in [1.29, 1.82) is 0 Å². The minimum atomic E-state index is -2.54. The zero-order chi connectivity index (χ0) is 27.4. The highest BCUT2D eigenvalue weighted by molar-refractivity contribution is 6.05. The molecule has 1 N–H and O–H groups in total. The number of allylic oxidation sites excluding steroid dienone is 2. The zero-order valence-corrected chi connectivity index (χ0v) is 21.5. The molecule has 0 saturated carbocycles. The Labute approximate surface area is 210 Å². The minimum absolute atomic E-state index is 0.0845. The number of rotatable bonds is 7. The van der Waals surface area contributed by atoms with Gasteiger partial charge in [-0.2, -0.15) is 0 Å². The summed E-state index contributed by atoms with van der Waals surface area (Å²) in [6.07, 6.45) is 0.369. The third kappa shape index (κ3) is 6.10. The number of aliphatic hydroxyl groups is 1.